The Labute approximate surface area is 218 Å². The Kier molecular flexibility index (Phi) is 10.2. The predicted octanol–water partition coefficient (Wildman–Crippen LogP) is 4.57. The highest BCUT2D eigenvalue weighted by molar-refractivity contribution is 9.10. The van der Waals surface area contributed by atoms with Crippen molar-refractivity contribution in [2.45, 2.75) is 6.42 Å². The van der Waals surface area contributed by atoms with E-state index in [0.29, 0.717) is 46.8 Å². The maximum Gasteiger partial charge on any atom is 0.257 e. The Morgan fingerprint density at radius 1 is 0.943 bits per heavy atom. The minimum atomic E-state index is -0.388. The number of rotatable bonds is 10. The third-order valence-corrected chi connectivity index (χ3v) is 5.75. The molecule has 3 aromatic rings. The van der Waals surface area contributed by atoms with Crippen LogP contribution in [0.2, 0.25) is 0 Å². The molecule has 3 rings (SSSR count). The molecule has 0 saturated carbocycles. The lowest BCUT2D eigenvalue weighted by atomic mass is 10.1. The number of nitrogens with one attached hydrogen (secondary N) is 3. The molecule has 0 aliphatic heterocycles. The van der Waals surface area contributed by atoms with Crippen LogP contribution >= 0.6 is 28.1 Å². The molecule has 0 aliphatic carbocycles. The van der Waals surface area contributed by atoms with Gasteiger partial charge < -0.3 is 20.1 Å². The second-order valence-electron chi connectivity index (χ2n) is 7.43. The molecule has 0 unspecified atom stereocenters. The molecule has 0 radical (unpaired) electrons. The number of benzene rings is 3. The number of ether oxygens (including phenoxy) is 2. The summed E-state index contributed by atoms with van der Waals surface area (Å²) in [4.78, 5) is 25.1. The summed E-state index contributed by atoms with van der Waals surface area (Å²) >= 11 is 8.76. The predicted molar refractivity (Wildman–Crippen MR) is 144 cm³/mol. The summed E-state index contributed by atoms with van der Waals surface area (Å²) < 4.78 is 11.5. The zero-order chi connectivity index (χ0) is 25.0. The molecule has 0 spiro atoms. The van der Waals surface area contributed by atoms with Gasteiger partial charge in [-0.25, -0.2) is 0 Å². The number of anilines is 1. The fourth-order valence-corrected chi connectivity index (χ4v) is 3.86. The highest BCUT2D eigenvalue weighted by Crippen LogP contribution is 2.26. The van der Waals surface area contributed by atoms with E-state index in [-0.39, 0.29) is 16.9 Å². The number of hydrogen-bond donors (Lipinski definition) is 3. The maximum absolute atomic E-state index is 12.7. The van der Waals surface area contributed by atoms with Gasteiger partial charge in [0.05, 0.1) is 28.9 Å². The lowest BCUT2D eigenvalue weighted by Gasteiger charge is -2.14. The van der Waals surface area contributed by atoms with Gasteiger partial charge in [0.15, 0.2) is 5.11 Å². The SMILES string of the molecule is COCCNC(=O)c1ccccc1NC(=S)NC(=O)c1ccc(OCCc2ccccc2)c(Br)c1. The molecular weight excluding hydrogens is 530 g/mol. The molecule has 0 bridgehead atoms. The highest BCUT2D eigenvalue weighted by atomic mass is 79.9. The molecule has 182 valence electrons. The normalized spacial score (nSPS) is 10.3. The number of hydrogen-bond acceptors (Lipinski definition) is 5. The smallest absolute Gasteiger partial charge is 0.257 e. The third-order valence-electron chi connectivity index (χ3n) is 4.92. The largest absolute Gasteiger partial charge is 0.492 e. The Morgan fingerprint density at radius 2 is 1.69 bits per heavy atom. The first-order valence-electron chi connectivity index (χ1n) is 10.9. The van der Waals surface area contributed by atoms with Gasteiger partial charge in [0.25, 0.3) is 11.8 Å². The first-order valence-corrected chi connectivity index (χ1v) is 12.1. The van der Waals surface area contributed by atoms with Crippen LogP contribution in [0, 0.1) is 0 Å². The van der Waals surface area contributed by atoms with Crippen LogP contribution in [0.3, 0.4) is 0 Å². The first-order chi connectivity index (χ1) is 17.0. The quantitative estimate of drug-likeness (QED) is 0.251. The van der Waals surface area contributed by atoms with Gasteiger partial charge in [0.2, 0.25) is 0 Å². The molecule has 35 heavy (non-hydrogen) atoms. The van der Waals surface area contributed by atoms with Crippen LogP contribution in [-0.2, 0) is 11.2 Å². The van der Waals surface area contributed by atoms with Crippen molar-refractivity contribution < 1.29 is 19.1 Å². The van der Waals surface area contributed by atoms with E-state index in [1.165, 1.54) is 5.56 Å². The average Bonchev–Trinajstić information content (AvgIpc) is 2.86. The van der Waals surface area contributed by atoms with Gasteiger partial charge in [-0.05, 0) is 64.0 Å². The van der Waals surface area contributed by atoms with Crippen molar-refractivity contribution in [2.75, 3.05) is 32.2 Å². The Morgan fingerprint density at radius 3 is 2.43 bits per heavy atom. The first kappa shape index (κ1) is 26.3. The van der Waals surface area contributed by atoms with E-state index >= 15 is 0 Å². The van der Waals surface area contributed by atoms with Crippen LogP contribution in [0.25, 0.3) is 0 Å². The minimum Gasteiger partial charge on any atom is -0.492 e. The van der Waals surface area contributed by atoms with E-state index in [1.54, 1.807) is 49.6 Å². The summed E-state index contributed by atoms with van der Waals surface area (Å²) in [7, 11) is 1.56. The van der Waals surface area contributed by atoms with Crippen molar-refractivity contribution in [2.24, 2.45) is 0 Å². The number of para-hydroxylation sites is 1. The summed E-state index contributed by atoms with van der Waals surface area (Å²) in [5.41, 5.74) is 2.48. The zero-order valence-electron chi connectivity index (χ0n) is 19.2. The monoisotopic (exact) mass is 555 g/mol. The summed E-state index contributed by atoms with van der Waals surface area (Å²) in [5, 5.41) is 8.40. The molecule has 9 heteroatoms. The Balaban J connectivity index is 1.55. The molecule has 7 nitrogen and oxygen atoms in total. The number of thiocarbonyl (C=S) groups is 1. The fourth-order valence-electron chi connectivity index (χ4n) is 3.16. The second kappa shape index (κ2) is 13.6. The lowest BCUT2D eigenvalue weighted by Crippen LogP contribution is -2.35. The molecule has 0 aromatic heterocycles. The van der Waals surface area contributed by atoms with E-state index in [9.17, 15) is 9.59 Å². The van der Waals surface area contributed by atoms with Gasteiger partial charge >= 0.3 is 0 Å². The van der Waals surface area contributed by atoms with Crippen LogP contribution in [0.15, 0.2) is 77.3 Å². The lowest BCUT2D eigenvalue weighted by molar-refractivity contribution is 0.0936. The second-order valence-corrected chi connectivity index (χ2v) is 8.69. The van der Waals surface area contributed by atoms with E-state index in [0.717, 1.165) is 6.42 Å². The summed E-state index contributed by atoms with van der Waals surface area (Å²) in [6, 6.07) is 22.0. The number of carbonyl (C=O) groups excluding carboxylic acids is 2. The molecular formula is C26H26BrN3O4S. The molecule has 3 aromatic carbocycles. The molecule has 2 amide bonds. The summed E-state index contributed by atoms with van der Waals surface area (Å²) in [6.45, 7) is 1.30. The molecule has 3 N–H and O–H groups in total. The van der Waals surface area contributed by atoms with E-state index in [2.05, 4.69) is 44.0 Å². The maximum atomic E-state index is 12.7. The highest BCUT2D eigenvalue weighted by Gasteiger charge is 2.14. The van der Waals surface area contributed by atoms with Gasteiger partial charge in [-0.15, -0.1) is 0 Å². The zero-order valence-corrected chi connectivity index (χ0v) is 21.6. The van der Waals surface area contributed by atoms with Gasteiger partial charge in [0.1, 0.15) is 5.75 Å². The third kappa shape index (κ3) is 8.17. The molecule has 0 atom stereocenters. The van der Waals surface area contributed by atoms with Crippen LogP contribution in [0.5, 0.6) is 5.75 Å². The van der Waals surface area contributed by atoms with E-state index < -0.39 is 0 Å². The topological polar surface area (TPSA) is 88.7 Å². The average molecular weight is 556 g/mol. The van der Waals surface area contributed by atoms with Crippen LogP contribution < -0.4 is 20.7 Å². The fraction of sp³-hybridized carbons (Fsp3) is 0.192. The minimum absolute atomic E-state index is 0.0754. The Hall–Kier alpha value is -3.27. The van der Waals surface area contributed by atoms with E-state index in [1.807, 2.05) is 18.2 Å². The van der Waals surface area contributed by atoms with Gasteiger partial charge in [-0.2, -0.15) is 0 Å². The van der Waals surface area contributed by atoms with Crippen molar-refractivity contribution in [3.05, 3.63) is 94.0 Å². The van der Waals surface area contributed by atoms with Gasteiger partial charge in [0, 0.05) is 25.6 Å². The summed E-state index contributed by atoms with van der Waals surface area (Å²) in [5.74, 6) is -0.0151. The van der Waals surface area contributed by atoms with E-state index in [4.69, 9.17) is 21.7 Å². The van der Waals surface area contributed by atoms with Crippen molar-refractivity contribution in [3.63, 3.8) is 0 Å². The van der Waals surface area contributed by atoms with Crippen molar-refractivity contribution >= 4 is 50.8 Å². The number of methoxy groups -OCH3 is 1. The molecule has 0 aliphatic rings. The van der Waals surface area contributed by atoms with Gasteiger partial charge in [-0.1, -0.05) is 42.5 Å². The van der Waals surface area contributed by atoms with Crippen molar-refractivity contribution in [3.8, 4) is 5.75 Å². The van der Waals surface area contributed by atoms with Crippen molar-refractivity contribution in [1.82, 2.24) is 10.6 Å². The standard InChI is InChI=1S/C26H26BrN3O4S/c1-33-16-14-28-25(32)20-9-5-6-10-22(20)29-26(35)30-24(31)19-11-12-23(21(27)17-19)34-15-13-18-7-3-2-4-8-18/h2-12,17H,13-16H2,1H3,(H,28,32)(H2,29,30,31,35). The Bertz CT molecular complexity index is 1170. The molecule has 0 heterocycles. The van der Waals surface area contributed by atoms with Crippen LogP contribution in [0.4, 0.5) is 5.69 Å². The van der Waals surface area contributed by atoms with Crippen molar-refractivity contribution in [1.29, 1.82) is 0 Å². The van der Waals surface area contributed by atoms with Gasteiger partial charge in [-0.3, -0.25) is 14.9 Å². The van der Waals surface area contributed by atoms with Crippen LogP contribution in [0.1, 0.15) is 26.3 Å². The van der Waals surface area contributed by atoms with Crippen LogP contribution in [-0.4, -0.2) is 43.8 Å². The number of carbonyl (C=O) groups is 2. The molecule has 0 saturated heterocycles. The summed E-state index contributed by atoms with van der Waals surface area (Å²) in [6.07, 6.45) is 0.779. The number of halogens is 1. The number of amides is 2. The molecule has 0 fully saturated rings.